The van der Waals surface area contributed by atoms with Gasteiger partial charge in [0.25, 0.3) is 0 Å². The number of rotatable bonds is 8. The maximum atomic E-state index is 12.7. The number of benzene rings is 2. The van der Waals surface area contributed by atoms with Crippen LogP contribution in [0.25, 0.3) is 0 Å². The lowest BCUT2D eigenvalue weighted by Crippen LogP contribution is -2.50. The highest BCUT2D eigenvalue weighted by Gasteiger charge is 2.33. The fourth-order valence-corrected chi connectivity index (χ4v) is 4.06. The number of nitrogens with one attached hydrogen (secondary N) is 1. The van der Waals surface area contributed by atoms with Gasteiger partial charge in [-0.1, -0.05) is 36.9 Å². The molecule has 2 aromatic carbocycles. The van der Waals surface area contributed by atoms with Crippen LogP contribution in [0.1, 0.15) is 34.3 Å². The van der Waals surface area contributed by atoms with Crippen LogP contribution in [-0.2, 0) is 22.4 Å². The second-order valence-corrected chi connectivity index (χ2v) is 8.78. The van der Waals surface area contributed by atoms with Crippen molar-refractivity contribution in [2.45, 2.75) is 25.7 Å². The van der Waals surface area contributed by atoms with Gasteiger partial charge in [0.05, 0.1) is 7.11 Å². The van der Waals surface area contributed by atoms with Crippen LogP contribution in [0.2, 0.25) is 5.02 Å². The van der Waals surface area contributed by atoms with Crippen LogP contribution >= 0.6 is 11.6 Å². The van der Waals surface area contributed by atoms with E-state index in [0.29, 0.717) is 18.6 Å². The molecule has 2 aliphatic rings. The highest BCUT2D eigenvalue weighted by molar-refractivity contribution is 6.30. The van der Waals surface area contributed by atoms with Gasteiger partial charge in [0.1, 0.15) is 5.76 Å². The Balaban J connectivity index is 0.000000454. The summed E-state index contributed by atoms with van der Waals surface area (Å²) in [5.41, 5.74) is 3.99. The number of anilines is 1. The molecule has 2 aliphatic heterocycles. The lowest BCUT2D eigenvalue weighted by atomic mass is 9.88. The van der Waals surface area contributed by atoms with Crippen LogP contribution in [0.15, 0.2) is 67.5 Å². The van der Waals surface area contributed by atoms with Crippen LogP contribution in [-0.4, -0.2) is 43.3 Å². The van der Waals surface area contributed by atoms with E-state index in [4.69, 9.17) is 11.6 Å². The first kappa shape index (κ1) is 24.7. The van der Waals surface area contributed by atoms with Gasteiger partial charge in [0.15, 0.2) is 5.78 Å². The lowest BCUT2D eigenvalue weighted by Gasteiger charge is -2.38. The molecular formula is C27H31ClN2O3. The molecular weight excluding hydrogens is 436 g/mol. The zero-order valence-corrected chi connectivity index (χ0v) is 19.9. The molecule has 5 nitrogen and oxygen atoms in total. The van der Waals surface area contributed by atoms with Crippen molar-refractivity contribution >= 4 is 29.0 Å². The van der Waals surface area contributed by atoms with E-state index in [9.17, 15) is 9.59 Å². The van der Waals surface area contributed by atoms with Crippen LogP contribution in [0.4, 0.5) is 5.69 Å². The Kier molecular flexibility index (Phi) is 8.87. The van der Waals surface area contributed by atoms with Gasteiger partial charge in [-0.15, -0.1) is 0 Å². The number of fused-ring (bicyclic) bond motifs is 1. The zero-order chi connectivity index (χ0) is 23.8. The molecule has 0 spiro atoms. The summed E-state index contributed by atoms with van der Waals surface area (Å²) in [5, 5.41) is 3.63. The largest absolute Gasteiger partial charge is 0.497 e. The van der Waals surface area contributed by atoms with Gasteiger partial charge in [0, 0.05) is 41.7 Å². The third-order valence-electron chi connectivity index (χ3n) is 5.96. The molecule has 0 radical (unpaired) electrons. The smallest absolute Gasteiger partial charge is 0.224 e. The number of halogens is 1. The molecule has 4 rings (SSSR count). The van der Waals surface area contributed by atoms with E-state index in [0.717, 1.165) is 54.3 Å². The molecule has 2 aromatic rings. The number of allylic oxidation sites excluding steroid dienone is 1. The molecule has 1 fully saturated rings. The fourth-order valence-electron chi connectivity index (χ4n) is 3.93. The van der Waals surface area contributed by atoms with Crippen LogP contribution < -0.4 is 5.32 Å². The van der Waals surface area contributed by atoms with Crippen LogP contribution in [0, 0.1) is 5.92 Å². The number of nitrogens with zero attached hydrogens (tertiary/aromatic N) is 1. The number of methoxy groups -OCH3 is 1. The third-order valence-corrected chi connectivity index (χ3v) is 6.21. The summed E-state index contributed by atoms with van der Waals surface area (Å²) in [6, 6.07) is 13.7. The molecule has 174 valence electrons. The maximum absolute atomic E-state index is 12.7. The molecule has 33 heavy (non-hydrogen) atoms. The fraction of sp³-hybridized carbons (Fsp3) is 0.333. The van der Waals surface area contributed by atoms with E-state index in [1.54, 1.807) is 13.2 Å². The van der Waals surface area contributed by atoms with Gasteiger partial charge in [-0.2, -0.15) is 0 Å². The minimum absolute atomic E-state index is 0.0508. The highest BCUT2D eigenvalue weighted by atomic mass is 35.5. The first-order chi connectivity index (χ1) is 15.9. The van der Waals surface area contributed by atoms with Gasteiger partial charge >= 0.3 is 0 Å². The topological polar surface area (TPSA) is 58.6 Å². The van der Waals surface area contributed by atoms with Crippen molar-refractivity contribution in [3.05, 3.63) is 89.2 Å². The van der Waals surface area contributed by atoms with E-state index < -0.39 is 0 Å². The maximum Gasteiger partial charge on any atom is 0.224 e. The summed E-state index contributed by atoms with van der Waals surface area (Å²) in [6.45, 7) is 9.56. The van der Waals surface area contributed by atoms with Crippen molar-refractivity contribution in [2.75, 3.05) is 32.1 Å². The molecule has 0 aromatic heterocycles. The summed E-state index contributed by atoms with van der Waals surface area (Å²) in [7, 11) is 1.56. The Labute approximate surface area is 201 Å². The molecule has 2 heterocycles. The number of aryl methyl sites for hydroxylation is 2. The lowest BCUT2D eigenvalue weighted by molar-refractivity contribution is -0.116. The number of ketones is 1. The SMILES string of the molecule is C=CC(=C)OC.O=C1CCc2cc(C(=O)C3CN(CCCc4ccc(Cl)cc4)C3)ccc2N1. The minimum Gasteiger partial charge on any atom is -0.497 e. The first-order valence-electron chi connectivity index (χ1n) is 11.2. The van der Waals surface area contributed by atoms with Gasteiger partial charge in [-0.05, 0) is 73.3 Å². The monoisotopic (exact) mass is 466 g/mol. The predicted molar refractivity (Wildman–Crippen MR) is 134 cm³/mol. The van der Waals surface area contributed by atoms with E-state index in [1.165, 1.54) is 5.56 Å². The molecule has 1 saturated heterocycles. The normalized spacial score (nSPS) is 15.3. The van der Waals surface area contributed by atoms with Crippen molar-refractivity contribution in [3.63, 3.8) is 0 Å². The molecule has 1 N–H and O–H groups in total. The number of carbonyl (C=O) groups excluding carboxylic acids is 2. The highest BCUT2D eigenvalue weighted by Crippen LogP contribution is 2.27. The van der Waals surface area contributed by atoms with E-state index in [2.05, 4.69) is 40.2 Å². The Hall–Kier alpha value is -2.89. The van der Waals surface area contributed by atoms with Crippen LogP contribution in [0.3, 0.4) is 0 Å². The number of amides is 1. The number of Topliss-reactive ketones (excluding diaryl/α,β-unsaturated/α-hetero) is 1. The van der Waals surface area contributed by atoms with E-state index in [1.807, 2.05) is 30.3 Å². The first-order valence-corrected chi connectivity index (χ1v) is 11.6. The second kappa shape index (κ2) is 11.8. The van der Waals surface area contributed by atoms with Crippen molar-refractivity contribution < 1.29 is 14.3 Å². The van der Waals surface area contributed by atoms with Crippen molar-refractivity contribution in [2.24, 2.45) is 5.92 Å². The third kappa shape index (κ3) is 7.04. The van der Waals surface area contributed by atoms with Gasteiger partial charge in [0.2, 0.25) is 5.91 Å². The van der Waals surface area contributed by atoms with E-state index >= 15 is 0 Å². The Morgan fingerprint density at radius 1 is 1.21 bits per heavy atom. The summed E-state index contributed by atoms with van der Waals surface area (Å²) in [5.74, 6) is 0.977. The number of hydrogen-bond acceptors (Lipinski definition) is 4. The number of ether oxygens (including phenoxy) is 1. The van der Waals surface area contributed by atoms with Crippen molar-refractivity contribution in [1.29, 1.82) is 0 Å². The molecule has 1 amide bonds. The average Bonchev–Trinajstić information content (AvgIpc) is 2.80. The zero-order valence-electron chi connectivity index (χ0n) is 19.1. The number of carbonyl (C=O) groups is 2. The molecule has 0 aliphatic carbocycles. The van der Waals surface area contributed by atoms with E-state index in [-0.39, 0.29) is 17.6 Å². The molecule has 0 bridgehead atoms. The van der Waals surface area contributed by atoms with Crippen molar-refractivity contribution in [1.82, 2.24) is 4.90 Å². The van der Waals surface area contributed by atoms with Gasteiger partial charge < -0.3 is 15.0 Å². The number of likely N-dealkylation sites (tertiary alicyclic amines) is 1. The van der Waals surface area contributed by atoms with Crippen molar-refractivity contribution in [3.8, 4) is 0 Å². The summed E-state index contributed by atoms with van der Waals surface area (Å²) in [6.07, 6.45) is 4.88. The Morgan fingerprint density at radius 3 is 2.58 bits per heavy atom. The second-order valence-electron chi connectivity index (χ2n) is 8.35. The predicted octanol–water partition coefficient (Wildman–Crippen LogP) is 5.30. The number of hydrogen-bond donors (Lipinski definition) is 1. The van der Waals surface area contributed by atoms with Gasteiger partial charge in [-0.3, -0.25) is 9.59 Å². The molecule has 0 unspecified atom stereocenters. The summed E-state index contributed by atoms with van der Waals surface area (Å²) >= 11 is 5.91. The van der Waals surface area contributed by atoms with Crippen LogP contribution in [0.5, 0.6) is 0 Å². The quantitative estimate of drug-likeness (QED) is 0.325. The standard InChI is InChI=1S/C22H23ClN2O2.C5H8O/c23-19-7-3-15(4-8-19)2-1-11-25-13-18(14-25)22(27)17-5-9-20-16(12-17)6-10-21(26)24-20;1-4-5(2)6-3/h3-5,7-9,12,18H,1-2,6,10-11,13-14H2,(H,24,26);4H,1-2H2,3H3. The minimum atomic E-state index is 0.0508. The average molecular weight is 467 g/mol. The Morgan fingerprint density at radius 2 is 1.94 bits per heavy atom. The Bertz CT molecular complexity index is 1010. The molecule has 0 saturated carbocycles. The summed E-state index contributed by atoms with van der Waals surface area (Å²) in [4.78, 5) is 26.5. The molecule has 6 heteroatoms. The van der Waals surface area contributed by atoms with Gasteiger partial charge in [-0.25, -0.2) is 0 Å². The molecule has 0 atom stereocenters. The summed E-state index contributed by atoms with van der Waals surface area (Å²) < 4.78 is 4.59.